The summed E-state index contributed by atoms with van der Waals surface area (Å²) in [7, 11) is 0. The lowest BCUT2D eigenvalue weighted by atomic mass is 9.67. The van der Waals surface area contributed by atoms with Gasteiger partial charge in [0.1, 0.15) is 0 Å². The number of hydrogen-bond donors (Lipinski definition) is 0. The Labute approximate surface area is 417 Å². The highest BCUT2D eigenvalue weighted by atomic mass is 14.5. The minimum absolute atomic E-state index is 0.319. The largest absolute Gasteiger partial charge is 0.0627 e. The van der Waals surface area contributed by atoms with Crippen LogP contribution in [0.15, 0.2) is 261 Å². The molecule has 12 aromatic carbocycles. The van der Waals surface area contributed by atoms with Gasteiger partial charge in [0, 0.05) is 5.41 Å². The molecule has 0 spiro atoms. The molecule has 0 saturated heterocycles. The fourth-order valence-electron chi connectivity index (χ4n) is 12.2. The average Bonchev–Trinajstić information content (AvgIpc) is 3.71. The summed E-state index contributed by atoms with van der Waals surface area (Å²) >= 11 is 0. The van der Waals surface area contributed by atoms with Gasteiger partial charge in [0.2, 0.25) is 0 Å². The summed E-state index contributed by atoms with van der Waals surface area (Å²) in [6, 6.07) is 97.4. The van der Waals surface area contributed by atoms with E-state index >= 15 is 0 Å². The van der Waals surface area contributed by atoms with Gasteiger partial charge in [0.25, 0.3) is 0 Å². The normalized spacial score (nSPS) is 14.0. The first-order valence-corrected chi connectivity index (χ1v) is 25.2. The van der Waals surface area contributed by atoms with E-state index in [0.717, 1.165) is 6.42 Å². The van der Waals surface area contributed by atoms with E-state index in [9.17, 15) is 0 Å². The summed E-state index contributed by atoms with van der Waals surface area (Å²) in [5.41, 5.74) is 21.3. The van der Waals surface area contributed by atoms with E-state index in [1.165, 1.54) is 127 Å². The summed E-state index contributed by atoms with van der Waals surface area (Å²) in [5, 5.41) is 7.51. The lowest BCUT2D eigenvalue weighted by Gasteiger charge is -2.35. The molecule has 13 rings (SSSR count). The van der Waals surface area contributed by atoms with Crippen molar-refractivity contribution in [2.75, 3.05) is 0 Å². The zero-order valence-electron chi connectivity index (χ0n) is 40.1. The predicted molar refractivity (Wildman–Crippen MR) is 303 cm³/mol. The molecular formula is C71H52. The van der Waals surface area contributed by atoms with Gasteiger partial charge in [-0.25, -0.2) is 0 Å². The van der Waals surface area contributed by atoms with E-state index in [1.807, 2.05) is 0 Å². The predicted octanol–water partition coefficient (Wildman–Crippen LogP) is 19.5. The first-order valence-electron chi connectivity index (χ1n) is 25.2. The molecule has 1 atom stereocenters. The summed E-state index contributed by atoms with van der Waals surface area (Å²) in [6.45, 7) is 4.76. The third-order valence-corrected chi connectivity index (χ3v) is 15.2. The fraction of sp³-hybridized carbons (Fsp3) is 0.0704. The molecule has 1 aliphatic rings. The molecule has 0 aliphatic heterocycles. The second-order valence-electron chi connectivity index (χ2n) is 19.8. The third-order valence-electron chi connectivity index (χ3n) is 15.2. The van der Waals surface area contributed by atoms with E-state index in [1.54, 1.807) is 0 Å². The lowest BCUT2D eigenvalue weighted by molar-refractivity contribution is 0.461. The highest BCUT2D eigenvalue weighted by Crippen LogP contribution is 2.57. The summed E-state index contributed by atoms with van der Waals surface area (Å²) in [5.74, 6) is 0.451. The zero-order chi connectivity index (χ0) is 47.5. The van der Waals surface area contributed by atoms with Crippen molar-refractivity contribution in [2.45, 2.75) is 25.7 Å². The van der Waals surface area contributed by atoms with Crippen LogP contribution in [0.1, 0.15) is 37.0 Å². The standard InChI is InChI=1S/C71H52/c1-47(2)46-71(56-37-34-51(35-38-56)48-20-6-3-7-21-48)67-33-19-18-28-60(67)61-39-36-52(45-68(61)71)69-62-29-14-16-31-64(62)70(65-32-17-15-30-63(65)69)66-41-40-57(58-26-12-13-27-59(58)66)55-43-53(49-22-8-4-9-23-49)42-54(44-55)50-24-10-5-11-25-50/h3-45,47H,46H2,1-2H3. The van der Waals surface area contributed by atoms with Crippen LogP contribution in [0.3, 0.4) is 0 Å². The lowest BCUT2D eigenvalue weighted by Crippen LogP contribution is -2.29. The van der Waals surface area contributed by atoms with E-state index in [4.69, 9.17) is 0 Å². The van der Waals surface area contributed by atoms with Gasteiger partial charge >= 0.3 is 0 Å². The van der Waals surface area contributed by atoms with Crippen LogP contribution in [0.25, 0.3) is 110 Å². The van der Waals surface area contributed by atoms with Crippen LogP contribution >= 0.6 is 0 Å². The van der Waals surface area contributed by atoms with E-state index in [-0.39, 0.29) is 5.41 Å². The van der Waals surface area contributed by atoms with Crippen LogP contribution < -0.4 is 0 Å². The van der Waals surface area contributed by atoms with Gasteiger partial charge in [-0.1, -0.05) is 250 Å². The van der Waals surface area contributed by atoms with Gasteiger partial charge in [-0.15, -0.1) is 0 Å². The Balaban J connectivity index is 1.01. The van der Waals surface area contributed by atoms with Crippen molar-refractivity contribution in [3.63, 3.8) is 0 Å². The Morgan fingerprint density at radius 1 is 0.268 bits per heavy atom. The van der Waals surface area contributed by atoms with Crippen molar-refractivity contribution in [1.29, 1.82) is 0 Å². The maximum atomic E-state index is 2.56. The molecule has 0 nitrogen and oxygen atoms in total. The number of hydrogen-bond acceptors (Lipinski definition) is 0. The topological polar surface area (TPSA) is 0 Å². The highest BCUT2D eigenvalue weighted by molar-refractivity contribution is 6.24. The van der Waals surface area contributed by atoms with E-state index in [2.05, 4.69) is 275 Å². The smallest absolute Gasteiger partial charge is 0.0466 e. The van der Waals surface area contributed by atoms with Crippen molar-refractivity contribution in [3.8, 4) is 77.9 Å². The average molecular weight is 905 g/mol. The molecule has 0 fully saturated rings. The zero-order valence-corrected chi connectivity index (χ0v) is 40.1. The Kier molecular flexibility index (Phi) is 10.4. The fourth-order valence-corrected chi connectivity index (χ4v) is 12.2. The minimum Gasteiger partial charge on any atom is -0.0627 e. The first kappa shape index (κ1) is 42.5. The summed E-state index contributed by atoms with van der Waals surface area (Å²) in [4.78, 5) is 0. The first-order chi connectivity index (χ1) is 35.0. The van der Waals surface area contributed by atoms with Crippen molar-refractivity contribution < 1.29 is 0 Å². The molecule has 0 amide bonds. The second-order valence-corrected chi connectivity index (χ2v) is 19.8. The number of rotatable bonds is 9. The summed E-state index contributed by atoms with van der Waals surface area (Å²) in [6.07, 6.45) is 0.999. The van der Waals surface area contributed by atoms with Gasteiger partial charge in [-0.3, -0.25) is 0 Å². The van der Waals surface area contributed by atoms with Crippen molar-refractivity contribution in [3.05, 3.63) is 278 Å². The third kappa shape index (κ3) is 7.13. The molecule has 0 radical (unpaired) electrons. The van der Waals surface area contributed by atoms with Crippen molar-refractivity contribution in [2.24, 2.45) is 5.92 Å². The second kappa shape index (κ2) is 17.4. The molecule has 1 aliphatic carbocycles. The molecule has 0 aromatic heterocycles. The molecule has 0 N–H and O–H groups in total. The Morgan fingerprint density at radius 2 is 0.662 bits per heavy atom. The van der Waals surface area contributed by atoms with E-state index < -0.39 is 0 Å². The minimum atomic E-state index is -0.319. The van der Waals surface area contributed by atoms with Crippen LogP contribution in [0.4, 0.5) is 0 Å². The van der Waals surface area contributed by atoms with Crippen LogP contribution in [0.2, 0.25) is 0 Å². The van der Waals surface area contributed by atoms with Gasteiger partial charge < -0.3 is 0 Å². The van der Waals surface area contributed by atoms with Crippen LogP contribution in [0.5, 0.6) is 0 Å². The summed E-state index contributed by atoms with van der Waals surface area (Å²) < 4.78 is 0. The van der Waals surface area contributed by atoms with Gasteiger partial charge in [0.15, 0.2) is 0 Å². The quantitative estimate of drug-likeness (QED) is 0.127. The van der Waals surface area contributed by atoms with Gasteiger partial charge in [0.05, 0.1) is 0 Å². The molecule has 0 saturated carbocycles. The molecule has 12 aromatic rings. The Bertz CT molecular complexity index is 3840. The number of fused-ring (bicyclic) bond motifs is 6. The maximum absolute atomic E-state index is 2.56. The molecule has 71 heavy (non-hydrogen) atoms. The van der Waals surface area contributed by atoms with Crippen molar-refractivity contribution in [1.82, 2.24) is 0 Å². The SMILES string of the molecule is CC(C)CC1(c2ccc(-c3ccccc3)cc2)c2ccccc2-c2ccc(-c3c4ccccc4c(-c4ccc(-c5cc(-c6ccccc6)cc(-c6ccccc6)c5)c5ccccc45)c4ccccc34)cc21. The van der Waals surface area contributed by atoms with Gasteiger partial charge in [-0.2, -0.15) is 0 Å². The van der Waals surface area contributed by atoms with E-state index in [0.29, 0.717) is 5.92 Å². The van der Waals surface area contributed by atoms with Crippen LogP contribution in [0, 0.1) is 5.92 Å². The molecular weight excluding hydrogens is 853 g/mol. The Morgan fingerprint density at radius 3 is 1.23 bits per heavy atom. The molecule has 336 valence electrons. The number of benzene rings is 12. The monoisotopic (exact) mass is 904 g/mol. The molecule has 1 unspecified atom stereocenters. The molecule has 0 heteroatoms. The van der Waals surface area contributed by atoms with Crippen LogP contribution in [-0.4, -0.2) is 0 Å². The Hall–Kier alpha value is -8.58. The molecule has 0 bridgehead atoms. The van der Waals surface area contributed by atoms with Crippen molar-refractivity contribution >= 4 is 32.3 Å². The highest BCUT2D eigenvalue weighted by Gasteiger charge is 2.45. The van der Waals surface area contributed by atoms with Gasteiger partial charge in [-0.05, 0) is 164 Å². The molecule has 0 heterocycles. The van der Waals surface area contributed by atoms with Crippen LogP contribution in [-0.2, 0) is 5.41 Å². The maximum Gasteiger partial charge on any atom is 0.0466 e.